The zero-order valence-corrected chi connectivity index (χ0v) is 11.4. The molecule has 0 amide bonds. The van der Waals surface area contributed by atoms with Crippen LogP contribution in [-0.4, -0.2) is 29.2 Å². The Morgan fingerprint density at radius 2 is 2.24 bits per heavy atom. The van der Waals surface area contributed by atoms with Crippen molar-refractivity contribution in [3.8, 4) is 0 Å². The van der Waals surface area contributed by atoms with Crippen molar-refractivity contribution >= 4 is 27.7 Å². The summed E-state index contributed by atoms with van der Waals surface area (Å²) in [6, 6.07) is 0.351. The molecule has 1 aromatic rings. The summed E-state index contributed by atoms with van der Waals surface area (Å²) >= 11 is 3.42. The number of aromatic nitrogens is 2. The summed E-state index contributed by atoms with van der Waals surface area (Å²) in [5.74, 6) is 1.67. The molecule has 1 aliphatic rings. The summed E-state index contributed by atoms with van der Waals surface area (Å²) in [5.41, 5.74) is 5.58. The molecule has 0 radical (unpaired) electrons. The molecular weight excluding hydrogens is 284 g/mol. The fourth-order valence-corrected chi connectivity index (χ4v) is 2.34. The molecule has 6 heteroatoms. The second-order valence-corrected chi connectivity index (χ2v) is 5.16. The van der Waals surface area contributed by atoms with Crippen molar-refractivity contribution in [2.24, 2.45) is 5.92 Å². The fraction of sp³-hybridized carbons (Fsp3) is 0.636. The van der Waals surface area contributed by atoms with Crippen molar-refractivity contribution in [2.45, 2.75) is 25.8 Å². The van der Waals surface area contributed by atoms with Crippen LogP contribution in [0.4, 0.5) is 11.8 Å². The van der Waals surface area contributed by atoms with E-state index < -0.39 is 0 Å². The molecule has 1 aromatic heterocycles. The van der Waals surface area contributed by atoms with E-state index in [0.29, 0.717) is 12.0 Å². The molecule has 94 valence electrons. The third-order valence-electron chi connectivity index (χ3n) is 3.10. The van der Waals surface area contributed by atoms with Crippen LogP contribution in [0.5, 0.6) is 0 Å². The van der Waals surface area contributed by atoms with E-state index in [1.807, 2.05) is 0 Å². The van der Waals surface area contributed by atoms with Gasteiger partial charge in [0.1, 0.15) is 5.82 Å². The van der Waals surface area contributed by atoms with Gasteiger partial charge in [-0.15, -0.1) is 0 Å². The van der Waals surface area contributed by atoms with Crippen LogP contribution in [-0.2, 0) is 4.74 Å². The summed E-state index contributed by atoms with van der Waals surface area (Å²) in [7, 11) is 0. The lowest BCUT2D eigenvalue weighted by molar-refractivity contribution is 0.0622. The lowest BCUT2D eigenvalue weighted by atomic mass is 9.93. The number of hydrogen-bond donors (Lipinski definition) is 2. The fourth-order valence-electron chi connectivity index (χ4n) is 2.03. The Balaban J connectivity index is 2.01. The Bertz CT molecular complexity index is 382. The van der Waals surface area contributed by atoms with Crippen molar-refractivity contribution in [2.75, 3.05) is 24.3 Å². The van der Waals surface area contributed by atoms with Crippen molar-refractivity contribution in [3.63, 3.8) is 0 Å². The summed E-state index contributed by atoms with van der Waals surface area (Å²) in [5, 5.41) is 3.39. The summed E-state index contributed by atoms with van der Waals surface area (Å²) < 4.78 is 6.20. The van der Waals surface area contributed by atoms with E-state index in [1.54, 1.807) is 6.20 Å². The minimum Gasteiger partial charge on any atom is -0.381 e. The van der Waals surface area contributed by atoms with Crippen LogP contribution in [0.15, 0.2) is 10.7 Å². The first-order valence-corrected chi connectivity index (χ1v) is 6.58. The topological polar surface area (TPSA) is 73.1 Å². The highest BCUT2D eigenvalue weighted by atomic mass is 79.9. The highest BCUT2D eigenvalue weighted by Crippen LogP contribution is 2.25. The molecule has 2 rings (SSSR count). The Hall–Kier alpha value is -0.880. The van der Waals surface area contributed by atoms with E-state index >= 15 is 0 Å². The van der Waals surface area contributed by atoms with Gasteiger partial charge in [-0.1, -0.05) is 0 Å². The Morgan fingerprint density at radius 3 is 2.94 bits per heavy atom. The number of rotatable bonds is 3. The van der Waals surface area contributed by atoms with Gasteiger partial charge in [0, 0.05) is 25.5 Å². The summed E-state index contributed by atoms with van der Waals surface area (Å²) in [6.07, 6.45) is 3.85. The van der Waals surface area contributed by atoms with Crippen LogP contribution in [0.1, 0.15) is 19.8 Å². The van der Waals surface area contributed by atoms with Gasteiger partial charge >= 0.3 is 0 Å². The van der Waals surface area contributed by atoms with Gasteiger partial charge in [0.15, 0.2) is 0 Å². The molecule has 1 aliphatic heterocycles. The van der Waals surface area contributed by atoms with Gasteiger partial charge in [-0.2, -0.15) is 4.98 Å². The monoisotopic (exact) mass is 300 g/mol. The number of nitrogens with two attached hydrogens (primary N) is 1. The second kappa shape index (κ2) is 5.64. The smallest absolute Gasteiger partial charge is 0.221 e. The van der Waals surface area contributed by atoms with Crippen molar-refractivity contribution in [1.29, 1.82) is 0 Å². The van der Waals surface area contributed by atoms with E-state index in [1.165, 1.54) is 0 Å². The molecule has 0 spiro atoms. The Kier molecular flexibility index (Phi) is 4.17. The van der Waals surface area contributed by atoms with Crippen LogP contribution in [0, 0.1) is 5.92 Å². The number of anilines is 2. The standard InChI is InChI=1S/C11H17BrN4O/c1-7(8-2-4-17-5-3-8)15-10-9(12)6-14-11(13)16-10/h6-8H,2-5H2,1H3,(H3,13,14,15,16). The van der Waals surface area contributed by atoms with Gasteiger partial charge in [0.05, 0.1) is 4.47 Å². The third-order valence-corrected chi connectivity index (χ3v) is 3.68. The number of hydrogen-bond acceptors (Lipinski definition) is 5. The van der Waals surface area contributed by atoms with Gasteiger partial charge in [-0.05, 0) is 41.6 Å². The maximum absolute atomic E-state index is 5.58. The molecule has 3 N–H and O–H groups in total. The Morgan fingerprint density at radius 1 is 1.53 bits per heavy atom. The molecule has 17 heavy (non-hydrogen) atoms. The maximum atomic E-state index is 5.58. The van der Waals surface area contributed by atoms with Crippen LogP contribution in [0.3, 0.4) is 0 Å². The molecule has 0 aromatic carbocycles. The van der Waals surface area contributed by atoms with Gasteiger partial charge < -0.3 is 15.8 Å². The second-order valence-electron chi connectivity index (χ2n) is 4.31. The largest absolute Gasteiger partial charge is 0.381 e. The van der Waals surface area contributed by atoms with Crippen LogP contribution < -0.4 is 11.1 Å². The number of halogens is 1. The molecule has 1 saturated heterocycles. The van der Waals surface area contributed by atoms with Crippen LogP contribution in [0.2, 0.25) is 0 Å². The first-order valence-electron chi connectivity index (χ1n) is 5.79. The number of nitrogens with zero attached hydrogens (tertiary/aromatic N) is 2. The number of nitrogens with one attached hydrogen (secondary N) is 1. The number of nitrogen functional groups attached to an aromatic ring is 1. The first-order chi connectivity index (χ1) is 8.16. The summed E-state index contributed by atoms with van der Waals surface area (Å²) in [6.45, 7) is 3.87. The van der Waals surface area contributed by atoms with E-state index in [0.717, 1.165) is 36.3 Å². The highest BCUT2D eigenvalue weighted by molar-refractivity contribution is 9.10. The predicted molar refractivity (Wildman–Crippen MR) is 70.8 cm³/mol. The molecule has 0 bridgehead atoms. The minimum atomic E-state index is 0.287. The molecule has 2 heterocycles. The van der Waals surface area contributed by atoms with Crippen molar-refractivity contribution in [3.05, 3.63) is 10.7 Å². The summed E-state index contributed by atoms with van der Waals surface area (Å²) in [4.78, 5) is 8.10. The zero-order valence-electron chi connectivity index (χ0n) is 9.82. The molecule has 0 saturated carbocycles. The third kappa shape index (κ3) is 3.29. The zero-order chi connectivity index (χ0) is 12.3. The average Bonchev–Trinajstić information content (AvgIpc) is 2.35. The van der Waals surface area contributed by atoms with E-state index in [-0.39, 0.29) is 5.95 Å². The lowest BCUT2D eigenvalue weighted by Gasteiger charge is -2.28. The quantitative estimate of drug-likeness (QED) is 0.894. The van der Waals surface area contributed by atoms with Crippen molar-refractivity contribution in [1.82, 2.24) is 9.97 Å². The molecular formula is C11H17BrN4O. The molecule has 1 atom stereocenters. The van der Waals surface area contributed by atoms with Crippen molar-refractivity contribution < 1.29 is 4.74 Å². The van der Waals surface area contributed by atoms with E-state index in [4.69, 9.17) is 10.5 Å². The average molecular weight is 301 g/mol. The van der Waals surface area contributed by atoms with E-state index in [9.17, 15) is 0 Å². The first kappa shape index (κ1) is 12.6. The van der Waals surface area contributed by atoms with E-state index in [2.05, 4.69) is 38.1 Å². The van der Waals surface area contributed by atoms with Crippen LogP contribution in [0.25, 0.3) is 0 Å². The number of ether oxygens (including phenoxy) is 1. The van der Waals surface area contributed by atoms with Crippen LogP contribution >= 0.6 is 15.9 Å². The normalized spacial score (nSPS) is 18.9. The highest BCUT2D eigenvalue weighted by Gasteiger charge is 2.21. The minimum absolute atomic E-state index is 0.287. The SMILES string of the molecule is CC(Nc1nc(N)ncc1Br)C1CCOCC1. The Labute approximate surface area is 109 Å². The molecule has 1 fully saturated rings. The molecule has 1 unspecified atom stereocenters. The molecule has 5 nitrogen and oxygen atoms in total. The lowest BCUT2D eigenvalue weighted by Crippen LogP contribution is -2.31. The van der Waals surface area contributed by atoms with Gasteiger partial charge in [-0.25, -0.2) is 4.98 Å². The maximum Gasteiger partial charge on any atom is 0.221 e. The molecule has 0 aliphatic carbocycles. The predicted octanol–water partition coefficient (Wildman–Crippen LogP) is 2.05. The van der Waals surface area contributed by atoms with Gasteiger partial charge in [-0.3, -0.25) is 0 Å². The van der Waals surface area contributed by atoms with Gasteiger partial charge in [0.25, 0.3) is 0 Å². The van der Waals surface area contributed by atoms with Gasteiger partial charge in [0.2, 0.25) is 5.95 Å².